The first-order valence-electron chi connectivity index (χ1n) is 6.17. The van der Waals surface area contributed by atoms with Crippen molar-refractivity contribution in [3.05, 3.63) is 29.8 Å². The van der Waals surface area contributed by atoms with Crippen LogP contribution in [-0.4, -0.2) is 54.8 Å². The second-order valence-corrected chi connectivity index (χ2v) is 8.83. The van der Waals surface area contributed by atoms with E-state index in [-0.39, 0.29) is 10.8 Å². The van der Waals surface area contributed by atoms with Crippen LogP contribution in [0.3, 0.4) is 0 Å². The van der Waals surface area contributed by atoms with Gasteiger partial charge >= 0.3 is 0 Å². The zero-order chi connectivity index (χ0) is 16.0. The fourth-order valence-electron chi connectivity index (χ4n) is 2.02. The van der Waals surface area contributed by atoms with Gasteiger partial charge in [-0.15, -0.1) is 0 Å². The molecule has 0 saturated heterocycles. The smallest absolute Gasteiger partial charge is 0.265 e. The molecule has 1 atom stereocenters. The molecule has 8 heteroatoms. The molecule has 1 unspecified atom stereocenters. The molecule has 114 valence electrons. The first-order valence-corrected chi connectivity index (χ1v) is 8.41. The zero-order valence-corrected chi connectivity index (χ0v) is 14.6. The number of carbonyl (C=O) groups is 1. The summed E-state index contributed by atoms with van der Waals surface area (Å²) in [4.78, 5) is 12.2. The standard InChI is InChI=1S/C13H16BrN3O3S/c1-13(14)11(15-17(4)12(13)18)9-5-7-10(8-6-9)21(19,20)16(2)3/h5-8H,1-4H3. The fourth-order valence-corrected chi connectivity index (χ4v) is 3.49. The Balaban J connectivity index is 2.42. The van der Waals surface area contributed by atoms with E-state index in [0.717, 1.165) is 4.31 Å². The molecule has 6 nitrogen and oxygen atoms in total. The summed E-state index contributed by atoms with van der Waals surface area (Å²) < 4.78 is 24.3. The van der Waals surface area contributed by atoms with E-state index < -0.39 is 14.3 Å². The third kappa shape index (κ3) is 2.63. The molecule has 0 aliphatic carbocycles. The van der Waals surface area contributed by atoms with E-state index in [9.17, 15) is 13.2 Å². The number of rotatable bonds is 3. The van der Waals surface area contributed by atoms with E-state index in [0.29, 0.717) is 11.3 Å². The number of amides is 1. The van der Waals surface area contributed by atoms with Gasteiger partial charge in [-0.2, -0.15) is 5.10 Å². The van der Waals surface area contributed by atoms with E-state index in [2.05, 4.69) is 21.0 Å². The third-order valence-corrected chi connectivity index (χ3v) is 5.84. The molecule has 1 aliphatic heterocycles. The van der Waals surface area contributed by atoms with Crippen molar-refractivity contribution in [2.75, 3.05) is 21.1 Å². The van der Waals surface area contributed by atoms with E-state index in [1.807, 2.05) is 0 Å². The Hall–Kier alpha value is -1.25. The normalized spacial score (nSPS) is 22.9. The molecule has 21 heavy (non-hydrogen) atoms. The van der Waals surface area contributed by atoms with Crippen LogP contribution in [0, 0.1) is 0 Å². The largest absolute Gasteiger partial charge is 0.271 e. The van der Waals surface area contributed by atoms with Gasteiger partial charge < -0.3 is 0 Å². The van der Waals surface area contributed by atoms with Crippen LogP contribution in [0.1, 0.15) is 12.5 Å². The highest BCUT2D eigenvalue weighted by atomic mass is 79.9. The van der Waals surface area contributed by atoms with Gasteiger partial charge in [-0.25, -0.2) is 17.7 Å². The third-order valence-electron chi connectivity index (χ3n) is 3.30. The maximum absolute atomic E-state index is 12.0. The van der Waals surface area contributed by atoms with Crippen molar-refractivity contribution in [2.24, 2.45) is 5.10 Å². The summed E-state index contributed by atoms with van der Waals surface area (Å²) >= 11 is 3.38. The van der Waals surface area contributed by atoms with Crippen LogP contribution >= 0.6 is 15.9 Å². The van der Waals surface area contributed by atoms with E-state index >= 15 is 0 Å². The SMILES string of the molecule is CN1N=C(c2ccc(S(=O)(=O)N(C)C)cc2)C(C)(Br)C1=O. The summed E-state index contributed by atoms with van der Waals surface area (Å²) in [5.74, 6) is -0.164. The Labute approximate surface area is 132 Å². The maximum atomic E-state index is 12.0. The molecular formula is C13H16BrN3O3S. The van der Waals surface area contributed by atoms with Crippen LogP contribution in [0.5, 0.6) is 0 Å². The summed E-state index contributed by atoms with van der Waals surface area (Å²) in [5.41, 5.74) is 1.26. The lowest BCUT2D eigenvalue weighted by atomic mass is 9.99. The lowest BCUT2D eigenvalue weighted by Crippen LogP contribution is -2.37. The molecule has 0 saturated carbocycles. The van der Waals surface area contributed by atoms with Crippen LogP contribution < -0.4 is 0 Å². The number of hydrogen-bond acceptors (Lipinski definition) is 4. The molecule has 0 fully saturated rings. The Morgan fingerprint density at radius 3 is 2.14 bits per heavy atom. The molecule has 0 radical (unpaired) electrons. The number of hydrogen-bond donors (Lipinski definition) is 0. The number of sulfonamides is 1. The highest BCUT2D eigenvalue weighted by Crippen LogP contribution is 2.31. The lowest BCUT2D eigenvalue weighted by Gasteiger charge is -2.16. The van der Waals surface area contributed by atoms with E-state index in [1.54, 1.807) is 26.1 Å². The molecule has 0 bridgehead atoms. The van der Waals surface area contributed by atoms with Crippen molar-refractivity contribution in [3.8, 4) is 0 Å². The minimum Gasteiger partial charge on any atom is -0.271 e. The average Bonchev–Trinajstić information content (AvgIpc) is 2.62. The number of halogens is 1. The predicted molar refractivity (Wildman–Crippen MR) is 84.0 cm³/mol. The monoisotopic (exact) mass is 373 g/mol. The van der Waals surface area contributed by atoms with Crippen LogP contribution in [0.2, 0.25) is 0 Å². The first-order chi connectivity index (χ1) is 9.58. The molecule has 1 aromatic rings. The van der Waals surface area contributed by atoms with E-state index in [4.69, 9.17) is 0 Å². The number of alkyl halides is 1. The van der Waals surface area contributed by atoms with Crippen LogP contribution in [0.15, 0.2) is 34.3 Å². The van der Waals surface area contributed by atoms with Gasteiger partial charge in [-0.05, 0) is 24.6 Å². The molecule has 0 spiro atoms. The van der Waals surface area contributed by atoms with Gasteiger partial charge in [0.05, 0.1) is 10.6 Å². The molecule has 0 aromatic heterocycles. The second-order valence-electron chi connectivity index (χ2n) is 5.09. The molecular weight excluding hydrogens is 358 g/mol. The fraction of sp³-hybridized carbons (Fsp3) is 0.385. The van der Waals surface area contributed by atoms with Crippen molar-refractivity contribution < 1.29 is 13.2 Å². The predicted octanol–water partition coefficient (Wildman–Crippen LogP) is 1.27. The topological polar surface area (TPSA) is 70.1 Å². The Kier molecular flexibility index (Phi) is 3.98. The number of carbonyl (C=O) groups excluding carboxylic acids is 1. The van der Waals surface area contributed by atoms with Crippen molar-refractivity contribution >= 4 is 37.6 Å². The highest BCUT2D eigenvalue weighted by molar-refractivity contribution is 9.10. The molecule has 1 aromatic carbocycles. The van der Waals surface area contributed by atoms with Crippen LogP contribution in [0.4, 0.5) is 0 Å². The van der Waals surface area contributed by atoms with Gasteiger partial charge in [-0.3, -0.25) is 4.79 Å². The van der Waals surface area contributed by atoms with Crippen molar-refractivity contribution in [2.45, 2.75) is 16.1 Å². The summed E-state index contributed by atoms with van der Waals surface area (Å²) in [5, 5.41) is 5.49. The van der Waals surface area contributed by atoms with Crippen molar-refractivity contribution in [1.82, 2.24) is 9.31 Å². The van der Waals surface area contributed by atoms with E-state index in [1.165, 1.54) is 31.2 Å². The number of benzene rings is 1. The number of nitrogens with zero attached hydrogens (tertiary/aromatic N) is 3. The summed E-state index contributed by atoms with van der Waals surface area (Å²) in [6.45, 7) is 1.72. The summed E-state index contributed by atoms with van der Waals surface area (Å²) in [7, 11) is 1.08. The van der Waals surface area contributed by atoms with Gasteiger partial charge in [0, 0.05) is 21.1 Å². The minimum absolute atomic E-state index is 0.164. The van der Waals surface area contributed by atoms with Gasteiger partial charge in [0.1, 0.15) is 4.32 Å². The minimum atomic E-state index is -3.46. The van der Waals surface area contributed by atoms with Crippen LogP contribution in [0.25, 0.3) is 0 Å². The Morgan fingerprint density at radius 2 is 1.76 bits per heavy atom. The van der Waals surface area contributed by atoms with Gasteiger partial charge in [0.2, 0.25) is 10.0 Å². The highest BCUT2D eigenvalue weighted by Gasteiger charge is 2.44. The number of hydrazone groups is 1. The first kappa shape index (κ1) is 16.1. The Bertz CT molecular complexity index is 709. The quantitative estimate of drug-likeness (QED) is 0.749. The second kappa shape index (κ2) is 5.19. The van der Waals surface area contributed by atoms with Crippen LogP contribution in [-0.2, 0) is 14.8 Å². The molecule has 1 aliphatic rings. The van der Waals surface area contributed by atoms with Crippen molar-refractivity contribution in [1.29, 1.82) is 0 Å². The van der Waals surface area contributed by atoms with Gasteiger partial charge in [0.15, 0.2) is 0 Å². The molecule has 0 N–H and O–H groups in total. The Morgan fingerprint density at radius 1 is 1.24 bits per heavy atom. The maximum Gasteiger partial charge on any atom is 0.265 e. The van der Waals surface area contributed by atoms with Gasteiger partial charge in [-0.1, -0.05) is 28.1 Å². The van der Waals surface area contributed by atoms with Gasteiger partial charge in [0.25, 0.3) is 5.91 Å². The molecule has 1 heterocycles. The summed E-state index contributed by atoms with van der Waals surface area (Å²) in [6, 6.07) is 6.33. The lowest BCUT2D eigenvalue weighted by molar-refractivity contribution is -0.128. The average molecular weight is 374 g/mol. The zero-order valence-electron chi connectivity index (χ0n) is 12.2. The summed E-state index contributed by atoms with van der Waals surface area (Å²) in [6.07, 6.45) is 0. The molecule has 1 amide bonds. The van der Waals surface area contributed by atoms with Crippen molar-refractivity contribution in [3.63, 3.8) is 0 Å². The molecule has 2 rings (SSSR count).